The Labute approximate surface area is 116 Å². The number of aliphatic hydroxyl groups is 2. The van der Waals surface area contributed by atoms with Gasteiger partial charge >= 0.3 is 0 Å². The zero-order valence-electron chi connectivity index (χ0n) is 12.5. The van der Waals surface area contributed by atoms with Crippen LogP contribution >= 0.6 is 0 Å². The maximum absolute atomic E-state index is 10.5. The Morgan fingerprint density at radius 1 is 1.16 bits per heavy atom. The van der Waals surface area contributed by atoms with E-state index in [1.54, 1.807) is 0 Å². The van der Waals surface area contributed by atoms with Crippen LogP contribution in [0.25, 0.3) is 0 Å². The van der Waals surface area contributed by atoms with E-state index in [1.807, 2.05) is 6.07 Å². The smallest absolute Gasteiger partial charge is 0.0945 e. The summed E-state index contributed by atoms with van der Waals surface area (Å²) in [5.41, 5.74) is 3.40. The Bertz CT molecular complexity index is 390. The molecule has 0 amide bonds. The highest BCUT2D eigenvalue weighted by Gasteiger charge is 2.23. The summed E-state index contributed by atoms with van der Waals surface area (Å²) in [7, 11) is 0. The first kappa shape index (κ1) is 16.2. The summed E-state index contributed by atoms with van der Waals surface area (Å²) >= 11 is 0. The number of hydrogen-bond acceptors (Lipinski definition) is 3. The van der Waals surface area contributed by atoms with Gasteiger partial charge in [0.05, 0.1) is 6.10 Å². The van der Waals surface area contributed by atoms with Crippen molar-refractivity contribution in [1.82, 2.24) is 5.32 Å². The number of aryl methyl sites for hydroxylation is 2. The molecular weight excluding hydrogens is 238 g/mol. The zero-order valence-corrected chi connectivity index (χ0v) is 12.5. The highest BCUT2D eigenvalue weighted by Crippen LogP contribution is 2.23. The lowest BCUT2D eigenvalue weighted by Gasteiger charge is -2.28. The third kappa shape index (κ3) is 4.60. The molecule has 0 aliphatic carbocycles. The van der Waals surface area contributed by atoms with Crippen LogP contribution < -0.4 is 5.32 Å². The van der Waals surface area contributed by atoms with Crippen molar-refractivity contribution < 1.29 is 10.2 Å². The van der Waals surface area contributed by atoms with Crippen LogP contribution in [0, 0.1) is 19.8 Å². The standard InChI is InChI=1S/C16H27NO2/c1-11(2)15(17-8-5-9-18)16(19)14-7-6-12(3)13(4)10-14/h6-7,10-11,15-19H,5,8-9H2,1-4H3. The van der Waals surface area contributed by atoms with Gasteiger partial charge in [0, 0.05) is 12.6 Å². The number of rotatable bonds is 7. The van der Waals surface area contributed by atoms with Gasteiger partial charge in [-0.05, 0) is 49.4 Å². The normalized spacial score (nSPS) is 14.7. The summed E-state index contributed by atoms with van der Waals surface area (Å²) in [6.45, 7) is 9.24. The molecule has 0 aromatic heterocycles. The molecule has 3 heteroatoms. The van der Waals surface area contributed by atoms with E-state index in [4.69, 9.17) is 5.11 Å². The topological polar surface area (TPSA) is 52.5 Å². The lowest BCUT2D eigenvalue weighted by molar-refractivity contribution is 0.104. The fourth-order valence-corrected chi connectivity index (χ4v) is 2.22. The van der Waals surface area contributed by atoms with Gasteiger partial charge in [0.2, 0.25) is 0 Å². The largest absolute Gasteiger partial charge is 0.396 e. The Balaban J connectivity index is 2.80. The number of hydrogen-bond donors (Lipinski definition) is 3. The number of nitrogens with one attached hydrogen (secondary N) is 1. The minimum Gasteiger partial charge on any atom is -0.396 e. The molecule has 3 nitrogen and oxygen atoms in total. The third-order valence-electron chi connectivity index (χ3n) is 3.65. The van der Waals surface area contributed by atoms with Crippen molar-refractivity contribution in [3.05, 3.63) is 34.9 Å². The first-order chi connectivity index (χ1) is 8.97. The van der Waals surface area contributed by atoms with Gasteiger partial charge < -0.3 is 15.5 Å². The summed E-state index contributed by atoms with van der Waals surface area (Å²) in [6.07, 6.45) is 0.195. The molecule has 0 fully saturated rings. The fraction of sp³-hybridized carbons (Fsp3) is 0.625. The zero-order chi connectivity index (χ0) is 14.4. The maximum atomic E-state index is 10.5. The predicted octanol–water partition coefficient (Wildman–Crippen LogP) is 2.33. The van der Waals surface area contributed by atoms with Crippen molar-refractivity contribution in [2.45, 2.75) is 46.3 Å². The van der Waals surface area contributed by atoms with Crippen LogP contribution in [0.3, 0.4) is 0 Å². The van der Waals surface area contributed by atoms with Gasteiger partial charge in [-0.2, -0.15) is 0 Å². The summed E-state index contributed by atoms with van der Waals surface area (Å²) in [5.74, 6) is 0.329. The van der Waals surface area contributed by atoms with E-state index in [9.17, 15) is 5.11 Å². The molecule has 0 aliphatic heterocycles. The Kier molecular flexibility index (Phi) is 6.49. The second-order valence-electron chi connectivity index (χ2n) is 5.59. The van der Waals surface area contributed by atoms with Crippen molar-refractivity contribution in [1.29, 1.82) is 0 Å². The second-order valence-corrected chi connectivity index (χ2v) is 5.59. The van der Waals surface area contributed by atoms with E-state index in [1.165, 1.54) is 11.1 Å². The Morgan fingerprint density at radius 2 is 1.84 bits per heavy atom. The van der Waals surface area contributed by atoms with Crippen molar-refractivity contribution >= 4 is 0 Å². The van der Waals surface area contributed by atoms with Crippen LogP contribution in [-0.4, -0.2) is 29.4 Å². The van der Waals surface area contributed by atoms with E-state index in [-0.39, 0.29) is 12.6 Å². The van der Waals surface area contributed by atoms with Gasteiger partial charge in [-0.1, -0.05) is 32.0 Å². The quantitative estimate of drug-likeness (QED) is 0.663. The van der Waals surface area contributed by atoms with Crippen molar-refractivity contribution in [3.8, 4) is 0 Å². The molecule has 2 unspecified atom stereocenters. The van der Waals surface area contributed by atoms with E-state index in [2.05, 4.69) is 45.1 Å². The first-order valence-corrected chi connectivity index (χ1v) is 7.06. The van der Waals surface area contributed by atoms with E-state index in [0.717, 1.165) is 12.1 Å². The molecule has 0 aliphatic rings. The van der Waals surface area contributed by atoms with E-state index >= 15 is 0 Å². The summed E-state index contributed by atoms with van der Waals surface area (Å²) < 4.78 is 0. The first-order valence-electron chi connectivity index (χ1n) is 7.06. The highest BCUT2D eigenvalue weighted by molar-refractivity contribution is 5.31. The van der Waals surface area contributed by atoms with Crippen LogP contribution in [-0.2, 0) is 0 Å². The molecule has 108 valence electrons. The molecule has 19 heavy (non-hydrogen) atoms. The Morgan fingerprint density at radius 3 is 2.37 bits per heavy atom. The van der Waals surface area contributed by atoms with E-state index in [0.29, 0.717) is 12.3 Å². The van der Waals surface area contributed by atoms with Crippen LogP contribution in [0.1, 0.15) is 43.1 Å². The van der Waals surface area contributed by atoms with E-state index < -0.39 is 6.10 Å². The van der Waals surface area contributed by atoms with Crippen LogP contribution in [0.2, 0.25) is 0 Å². The van der Waals surface area contributed by atoms with Crippen molar-refractivity contribution in [2.75, 3.05) is 13.2 Å². The van der Waals surface area contributed by atoms with Crippen molar-refractivity contribution in [3.63, 3.8) is 0 Å². The molecular formula is C16H27NO2. The van der Waals surface area contributed by atoms with Gasteiger partial charge in [0.25, 0.3) is 0 Å². The monoisotopic (exact) mass is 265 g/mol. The summed E-state index contributed by atoms with van der Waals surface area (Å²) in [4.78, 5) is 0. The molecule has 1 aromatic rings. The third-order valence-corrected chi connectivity index (χ3v) is 3.65. The average molecular weight is 265 g/mol. The molecule has 0 saturated heterocycles. The van der Waals surface area contributed by atoms with Gasteiger partial charge in [0.1, 0.15) is 0 Å². The SMILES string of the molecule is Cc1ccc(C(O)C(NCCCO)C(C)C)cc1C. The van der Waals surface area contributed by atoms with Gasteiger partial charge in [0.15, 0.2) is 0 Å². The minimum atomic E-state index is -0.516. The number of aliphatic hydroxyl groups excluding tert-OH is 2. The second kappa shape index (κ2) is 7.63. The van der Waals surface area contributed by atoms with Gasteiger partial charge in [-0.25, -0.2) is 0 Å². The maximum Gasteiger partial charge on any atom is 0.0945 e. The average Bonchev–Trinajstić information content (AvgIpc) is 2.37. The molecule has 0 saturated carbocycles. The molecule has 3 N–H and O–H groups in total. The predicted molar refractivity (Wildman–Crippen MR) is 79.2 cm³/mol. The van der Waals surface area contributed by atoms with Crippen LogP contribution in [0.15, 0.2) is 18.2 Å². The molecule has 2 atom stereocenters. The fourth-order valence-electron chi connectivity index (χ4n) is 2.22. The molecule has 0 spiro atoms. The highest BCUT2D eigenvalue weighted by atomic mass is 16.3. The molecule has 1 rings (SSSR count). The Hall–Kier alpha value is -0.900. The van der Waals surface area contributed by atoms with Crippen LogP contribution in [0.5, 0.6) is 0 Å². The van der Waals surface area contributed by atoms with Crippen LogP contribution in [0.4, 0.5) is 0 Å². The molecule has 1 aromatic carbocycles. The minimum absolute atomic E-state index is 0.00801. The number of benzene rings is 1. The van der Waals surface area contributed by atoms with Gasteiger partial charge in [-0.3, -0.25) is 0 Å². The van der Waals surface area contributed by atoms with Crippen molar-refractivity contribution in [2.24, 2.45) is 5.92 Å². The molecule has 0 radical (unpaired) electrons. The molecule has 0 heterocycles. The lowest BCUT2D eigenvalue weighted by atomic mass is 9.91. The summed E-state index contributed by atoms with van der Waals surface area (Å²) in [6, 6.07) is 6.12. The lowest BCUT2D eigenvalue weighted by Crippen LogP contribution is -2.40. The van der Waals surface area contributed by atoms with Gasteiger partial charge in [-0.15, -0.1) is 0 Å². The summed E-state index contributed by atoms with van der Waals surface area (Å²) in [5, 5.41) is 22.7. The molecule has 0 bridgehead atoms.